The molecule has 3 aromatic rings. The van der Waals surface area contributed by atoms with Gasteiger partial charge in [0.15, 0.2) is 0 Å². The summed E-state index contributed by atoms with van der Waals surface area (Å²) in [7, 11) is 11.7. The van der Waals surface area contributed by atoms with Gasteiger partial charge in [0.1, 0.15) is 6.04 Å². The van der Waals surface area contributed by atoms with Crippen LogP contribution in [0.1, 0.15) is 161 Å². The fourth-order valence-electron chi connectivity index (χ4n) is 12.8. The number of rotatable bonds is 57. The molecule has 3 rings (SSSR count). The van der Waals surface area contributed by atoms with Crippen LogP contribution in [0.4, 0.5) is 0 Å². The first kappa shape index (κ1) is 94.9. The van der Waals surface area contributed by atoms with Crippen molar-refractivity contribution in [3.63, 3.8) is 0 Å². The lowest BCUT2D eigenvalue weighted by molar-refractivity contribution is -0.139. The van der Waals surface area contributed by atoms with Crippen molar-refractivity contribution in [1.82, 2.24) is 64.1 Å². The summed E-state index contributed by atoms with van der Waals surface area (Å²) in [6.45, 7) is 20.3. The molecule has 26 nitrogen and oxygen atoms in total. The fraction of sp³-hybridized carbons (Fsp3) is 0.651. The van der Waals surface area contributed by atoms with Crippen LogP contribution in [-0.4, -0.2) is 296 Å². The molecule has 0 unspecified atom stereocenters. The number of amides is 11. The SMILES string of the molecule is CC(=O)N(CCC(=O)N(CCCN(C)C)CCC(=O)N(CCC(=O)N(CCC(=O)N(CCCN(C)C)CCC(=O)N(CCC(=O)N(CCC(=O)N(CCCN(C)C)CCC(=O)N(CCC(=O)N[C@@H](CCCCN)C(N)=O)CC(C)C)Cc1ccccc1)CC(C)C)Cc1ccccc1)CC(C)C)Cc1ccccc1. The highest BCUT2D eigenvalue weighted by Crippen LogP contribution is 2.17. The van der Waals surface area contributed by atoms with Crippen LogP contribution in [0.25, 0.3) is 0 Å². The normalized spacial score (nSPS) is 11.6. The summed E-state index contributed by atoms with van der Waals surface area (Å²) < 4.78 is 0. The van der Waals surface area contributed by atoms with Gasteiger partial charge >= 0.3 is 0 Å². The third kappa shape index (κ3) is 41.3. The zero-order valence-electron chi connectivity index (χ0n) is 68.6. The van der Waals surface area contributed by atoms with Gasteiger partial charge in [0.05, 0.1) is 0 Å². The van der Waals surface area contributed by atoms with Gasteiger partial charge in [-0.2, -0.15) is 0 Å². The lowest BCUT2D eigenvalue weighted by Crippen LogP contribution is -2.46. The number of benzene rings is 3. The number of hydrogen-bond donors (Lipinski definition) is 3. The van der Waals surface area contributed by atoms with Crippen LogP contribution in [0.15, 0.2) is 91.0 Å². The van der Waals surface area contributed by atoms with Crippen LogP contribution in [0.2, 0.25) is 0 Å². The molecule has 0 saturated carbocycles. The number of carbonyl (C=O) groups excluding carboxylic acids is 11. The topological polar surface area (TPSA) is 291 Å². The van der Waals surface area contributed by atoms with Gasteiger partial charge in [0.2, 0.25) is 65.0 Å². The Kier molecular flexibility index (Phi) is 46.6. The number of unbranched alkanes of at least 4 members (excludes halogenated alkanes) is 1. The van der Waals surface area contributed by atoms with E-state index in [1.54, 1.807) is 44.1 Å². The standard InChI is InChI=1S/C83H137N15O11/c1-66(2)60-94(51-35-74(100)86-73(83(85)109)34-23-24-44-84)78(104)36-52-91(49-26-46-88(10)11)76(102)40-58-97(64-71-30-19-15-20-31-71)82(108)43-57-96(62-68(5)6)80(106)38-54-92(50-27-47-89(12)13)77(103)41-59-98(65-72-32-21-16-22-33-72)81(107)42-56-95(61-67(3)4)79(105)37-53-90(48-25-45-87(8)9)75(101)39-55-93(69(7)99)63-70-28-17-14-18-29-70/h14-22,28-33,66-68,73H,23-27,34-65,84H2,1-13H3,(H2,85,109)(H,86,100)/t73-/m0/s1. The first-order valence-corrected chi connectivity index (χ1v) is 39.7. The molecule has 610 valence electrons. The average Bonchev–Trinajstić information content (AvgIpc) is 0.887. The van der Waals surface area contributed by atoms with E-state index < -0.39 is 17.9 Å². The van der Waals surface area contributed by atoms with Gasteiger partial charge < -0.3 is 75.6 Å². The number of nitrogens with zero attached hydrogens (tertiary/aromatic N) is 12. The largest absolute Gasteiger partial charge is 0.368 e. The Balaban J connectivity index is 1.79. The van der Waals surface area contributed by atoms with E-state index in [1.807, 2.05) is 190 Å². The van der Waals surface area contributed by atoms with Gasteiger partial charge in [0, 0.05) is 183 Å². The zero-order valence-corrected chi connectivity index (χ0v) is 68.6. The van der Waals surface area contributed by atoms with Gasteiger partial charge in [-0.05, 0) is 141 Å². The predicted molar refractivity (Wildman–Crippen MR) is 430 cm³/mol. The molecule has 0 aliphatic rings. The Morgan fingerprint density at radius 2 is 0.578 bits per heavy atom. The first-order valence-electron chi connectivity index (χ1n) is 39.7. The number of primary amides is 1. The van der Waals surface area contributed by atoms with Crippen molar-refractivity contribution in [2.75, 3.05) is 167 Å². The zero-order chi connectivity index (χ0) is 80.8. The summed E-state index contributed by atoms with van der Waals surface area (Å²) in [5.74, 6) is -2.68. The Bertz CT molecular complexity index is 3180. The molecule has 0 saturated heterocycles. The van der Waals surface area contributed by atoms with E-state index in [1.165, 1.54) is 6.92 Å². The average molecular weight is 1520 g/mol. The molecule has 0 heterocycles. The molecule has 5 N–H and O–H groups in total. The summed E-state index contributed by atoms with van der Waals surface area (Å²) in [5, 5.41) is 2.72. The molecule has 109 heavy (non-hydrogen) atoms. The van der Waals surface area contributed by atoms with Crippen LogP contribution >= 0.6 is 0 Å². The minimum absolute atomic E-state index is 0.00492. The lowest BCUT2D eigenvalue weighted by atomic mass is 10.1. The molecule has 0 aromatic heterocycles. The maximum absolute atomic E-state index is 14.6. The van der Waals surface area contributed by atoms with E-state index >= 15 is 0 Å². The second kappa shape index (κ2) is 53.5. The molecule has 0 spiro atoms. The monoisotopic (exact) mass is 1520 g/mol. The molecule has 26 heteroatoms. The highest BCUT2D eigenvalue weighted by atomic mass is 16.2. The molecule has 1 atom stereocenters. The van der Waals surface area contributed by atoms with E-state index in [0.29, 0.717) is 104 Å². The smallest absolute Gasteiger partial charge is 0.239 e. The summed E-state index contributed by atoms with van der Waals surface area (Å²) in [6, 6.07) is 27.8. The van der Waals surface area contributed by atoms with E-state index in [9.17, 15) is 52.7 Å². The number of hydrogen-bond acceptors (Lipinski definition) is 15. The van der Waals surface area contributed by atoms with E-state index in [-0.39, 0.29) is 201 Å². The summed E-state index contributed by atoms with van der Waals surface area (Å²) >= 11 is 0. The highest BCUT2D eigenvalue weighted by Gasteiger charge is 2.29. The molecule has 0 bridgehead atoms. The Hall–Kier alpha value is -8.33. The molecule has 0 fully saturated rings. The summed E-state index contributed by atoms with van der Waals surface area (Å²) in [5.41, 5.74) is 13.9. The maximum Gasteiger partial charge on any atom is 0.239 e. The third-order valence-electron chi connectivity index (χ3n) is 18.8. The van der Waals surface area contributed by atoms with Gasteiger partial charge in [-0.15, -0.1) is 0 Å². The maximum atomic E-state index is 14.6. The van der Waals surface area contributed by atoms with Crippen molar-refractivity contribution >= 4 is 65.0 Å². The minimum Gasteiger partial charge on any atom is -0.368 e. The molecule has 3 aromatic carbocycles. The van der Waals surface area contributed by atoms with Crippen LogP contribution in [0.5, 0.6) is 0 Å². The number of nitrogens with one attached hydrogen (secondary N) is 1. The lowest BCUT2D eigenvalue weighted by Gasteiger charge is -2.30. The van der Waals surface area contributed by atoms with Crippen molar-refractivity contribution in [3.8, 4) is 0 Å². The quantitative estimate of drug-likeness (QED) is 0.0509. The van der Waals surface area contributed by atoms with Crippen molar-refractivity contribution in [2.24, 2.45) is 29.2 Å². The van der Waals surface area contributed by atoms with Crippen molar-refractivity contribution in [3.05, 3.63) is 108 Å². The van der Waals surface area contributed by atoms with Gasteiger partial charge in [0.25, 0.3) is 0 Å². The van der Waals surface area contributed by atoms with Gasteiger partial charge in [-0.25, -0.2) is 0 Å². The third-order valence-corrected chi connectivity index (χ3v) is 18.8. The van der Waals surface area contributed by atoms with E-state index in [0.717, 1.165) is 23.2 Å². The van der Waals surface area contributed by atoms with Gasteiger partial charge in [-0.1, -0.05) is 133 Å². The van der Waals surface area contributed by atoms with Crippen molar-refractivity contribution < 1.29 is 52.7 Å². The highest BCUT2D eigenvalue weighted by molar-refractivity contribution is 5.87. The molecular formula is C83H137N15O11. The second-order valence-electron chi connectivity index (χ2n) is 30.9. The molecule has 0 aliphatic carbocycles. The predicted octanol–water partition coefficient (Wildman–Crippen LogP) is 6.50. The molecule has 0 aliphatic heterocycles. The van der Waals surface area contributed by atoms with E-state index in [4.69, 9.17) is 11.5 Å². The molecule has 11 amide bonds. The Labute approximate surface area is 652 Å². The van der Waals surface area contributed by atoms with Crippen molar-refractivity contribution in [1.29, 1.82) is 0 Å². The Morgan fingerprint density at radius 3 is 0.853 bits per heavy atom. The summed E-state index contributed by atoms with van der Waals surface area (Å²) in [4.78, 5) is 174. The van der Waals surface area contributed by atoms with Crippen LogP contribution in [-0.2, 0) is 72.4 Å². The Morgan fingerprint density at radius 1 is 0.321 bits per heavy atom. The second-order valence-corrected chi connectivity index (χ2v) is 30.9. The molecule has 0 radical (unpaired) electrons. The summed E-state index contributed by atoms with van der Waals surface area (Å²) in [6.07, 6.45) is 3.65. The number of nitrogens with two attached hydrogens (primary N) is 2. The fourth-order valence-corrected chi connectivity index (χ4v) is 12.8. The van der Waals surface area contributed by atoms with E-state index in [2.05, 4.69) is 5.32 Å². The van der Waals surface area contributed by atoms with Crippen LogP contribution in [0, 0.1) is 17.8 Å². The molecular weight excluding hydrogens is 1380 g/mol. The van der Waals surface area contributed by atoms with Crippen molar-refractivity contribution in [2.45, 2.75) is 170 Å². The minimum atomic E-state index is -0.844. The van der Waals surface area contributed by atoms with Gasteiger partial charge in [-0.3, -0.25) is 52.7 Å². The van der Waals surface area contributed by atoms with Crippen LogP contribution in [0.3, 0.4) is 0 Å². The first-order chi connectivity index (χ1) is 51.8. The number of carbonyl (C=O) groups is 11. The van der Waals surface area contributed by atoms with Crippen LogP contribution < -0.4 is 16.8 Å².